The molecular formula is C5H14N2O. The molecule has 4 N–H and O–H groups in total. The molecule has 3 nitrogen and oxygen atoms in total. The van der Waals surface area contributed by atoms with E-state index in [9.17, 15) is 0 Å². The SMILES string of the molecule is CC(C)(CN)CON. The molecule has 50 valence electrons. The zero-order chi connectivity index (χ0) is 6.62. The van der Waals surface area contributed by atoms with Crippen molar-refractivity contribution in [2.75, 3.05) is 13.2 Å². The first-order valence-electron chi connectivity index (χ1n) is 2.64. The van der Waals surface area contributed by atoms with E-state index in [0.29, 0.717) is 13.2 Å². The molecular weight excluding hydrogens is 104 g/mol. The average molecular weight is 118 g/mol. The summed E-state index contributed by atoms with van der Waals surface area (Å²) in [5.74, 6) is 4.83. The van der Waals surface area contributed by atoms with Crippen LogP contribution in [0.3, 0.4) is 0 Å². The second-order valence-corrected chi connectivity index (χ2v) is 2.68. The Hall–Kier alpha value is -0.120. The van der Waals surface area contributed by atoms with E-state index in [1.54, 1.807) is 0 Å². The molecule has 0 unspecified atom stereocenters. The molecule has 8 heavy (non-hydrogen) atoms. The topological polar surface area (TPSA) is 61.3 Å². The van der Waals surface area contributed by atoms with Gasteiger partial charge in [-0.05, 0) is 6.54 Å². The van der Waals surface area contributed by atoms with E-state index in [0.717, 1.165) is 0 Å². The maximum atomic E-state index is 5.36. The summed E-state index contributed by atoms with van der Waals surface area (Å²) in [5, 5.41) is 0. The molecule has 0 aromatic rings. The van der Waals surface area contributed by atoms with E-state index in [-0.39, 0.29) is 5.41 Å². The zero-order valence-electron chi connectivity index (χ0n) is 5.48. The molecule has 0 radical (unpaired) electrons. The summed E-state index contributed by atoms with van der Waals surface area (Å²) in [6, 6.07) is 0. The smallest absolute Gasteiger partial charge is 0.0742 e. The van der Waals surface area contributed by atoms with E-state index in [4.69, 9.17) is 11.6 Å². The third-order valence-electron chi connectivity index (χ3n) is 1.03. The normalized spacial score (nSPS) is 12.0. The van der Waals surface area contributed by atoms with Gasteiger partial charge in [0, 0.05) is 5.41 Å². The number of nitrogens with two attached hydrogens (primary N) is 2. The molecule has 3 heteroatoms. The number of hydrogen-bond acceptors (Lipinski definition) is 3. The lowest BCUT2D eigenvalue weighted by atomic mass is 9.96. The monoisotopic (exact) mass is 118 g/mol. The van der Waals surface area contributed by atoms with Gasteiger partial charge in [-0.2, -0.15) is 0 Å². The molecule has 0 bridgehead atoms. The second-order valence-electron chi connectivity index (χ2n) is 2.68. The van der Waals surface area contributed by atoms with E-state index >= 15 is 0 Å². The van der Waals surface area contributed by atoms with Crippen molar-refractivity contribution in [3.63, 3.8) is 0 Å². The van der Waals surface area contributed by atoms with Gasteiger partial charge in [0.2, 0.25) is 0 Å². The summed E-state index contributed by atoms with van der Waals surface area (Å²) in [6.07, 6.45) is 0. The van der Waals surface area contributed by atoms with Gasteiger partial charge in [0.1, 0.15) is 0 Å². The summed E-state index contributed by atoms with van der Waals surface area (Å²) < 4.78 is 0. The molecule has 0 aliphatic heterocycles. The Kier molecular flexibility index (Phi) is 2.97. The van der Waals surface area contributed by atoms with Gasteiger partial charge in [-0.1, -0.05) is 13.8 Å². The van der Waals surface area contributed by atoms with Crippen LogP contribution in [0.25, 0.3) is 0 Å². The van der Waals surface area contributed by atoms with Crippen molar-refractivity contribution in [2.24, 2.45) is 17.0 Å². The van der Waals surface area contributed by atoms with Crippen LogP contribution < -0.4 is 11.6 Å². The largest absolute Gasteiger partial charge is 0.330 e. The molecule has 0 aromatic heterocycles. The van der Waals surface area contributed by atoms with Crippen molar-refractivity contribution < 1.29 is 4.84 Å². The molecule has 0 spiro atoms. The van der Waals surface area contributed by atoms with Gasteiger partial charge in [0.05, 0.1) is 6.61 Å². The highest BCUT2D eigenvalue weighted by molar-refractivity contribution is 4.66. The summed E-state index contributed by atoms with van der Waals surface area (Å²) in [6.45, 7) is 5.12. The summed E-state index contributed by atoms with van der Waals surface area (Å²) in [4.78, 5) is 4.42. The molecule has 0 fully saturated rings. The molecule has 0 heterocycles. The second kappa shape index (κ2) is 3.02. The first-order valence-corrected chi connectivity index (χ1v) is 2.64. The molecule has 0 saturated heterocycles. The standard InChI is InChI=1S/C5H14N2O/c1-5(2,3-6)4-8-7/h3-4,6-7H2,1-2H3. The minimum absolute atomic E-state index is 0.0226. The Balaban J connectivity index is 3.37. The van der Waals surface area contributed by atoms with Crippen LogP contribution in [0.2, 0.25) is 0 Å². The highest BCUT2D eigenvalue weighted by atomic mass is 16.6. The lowest BCUT2D eigenvalue weighted by Crippen LogP contribution is -2.30. The summed E-state index contributed by atoms with van der Waals surface area (Å²) in [7, 11) is 0. The van der Waals surface area contributed by atoms with Crippen LogP contribution in [0.1, 0.15) is 13.8 Å². The molecule has 0 aliphatic carbocycles. The zero-order valence-corrected chi connectivity index (χ0v) is 5.48. The van der Waals surface area contributed by atoms with Crippen molar-refractivity contribution >= 4 is 0 Å². The van der Waals surface area contributed by atoms with Crippen molar-refractivity contribution in [3.8, 4) is 0 Å². The highest BCUT2D eigenvalue weighted by Gasteiger charge is 2.14. The molecule has 0 saturated carbocycles. The Morgan fingerprint density at radius 3 is 2.12 bits per heavy atom. The van der Waals surface area contributed by atoms with Gasteiger partial charge < -0.3 is 10.6 Å². The van der Waals surface area contributed by atoms with Crippen LogP contribution in [0.4, 0.5) is 0 Å². The van der Waals surface area contributed by atoms with Gasteiger partial charge >= 0.3 is 0 Å². The quantitative estimate of drug-likeness (QED) is 0.507. The Bertz CT molecular complexity index is 63.4. The van der Waals surface area contributed by atoms with Gasteiger partial charge in [0.15, 0.2) is 0 Å². The lowest BCUT2D eigenvalue weighted by Gasteiger charge is -2.19. The first-order chi connectivity index (χ1) is 3.62. The summed E-state index contributed by atoms with van der Waals surface area (Å²) in [5.41, 5.74) is 5.38. The van der Waals surface area contributed by atoms with Crippen LogP contribution >= 0.6 is 0 Å². The minimum Gasteiger partial charge on any atom is -0.330 e. The first kappa shape index (κ1) is 7.88. The molecule has 0 aromatic carbocycles. The number of rotatable bonds is 3. The van der Waals surface area contributed by atoms with Gasteiger partial charge in [0.25, 0.3) is 0 Å². The molecule has 0 rings (SSSR count). The summed E-state index contributed by atoms with van der Waals surface area (Å²) >= 11 is 0. The predicted molar refractivity (Wildman–Crippen MR) is 33.0 cm³/mol. The Morgan fingerprint density at radius 2 is 2.00 bits per heavy atom. The molecule has 0 amide bonds. The third-order valence-corrected chi connectivity index (χ3v) is 1.03. The van der Waals surface area contributed by atoms with Crippen LogP contribution in [0.5, 0.6) is 0 Å². The Morgan fingerprint density at radius 1 is 1.50 bits per heavy atom. The minimum atomic E-state index is 0.0226. The van der Waals surface area contributed by atoms with Crippen LogP contribution in [0, 0.1) is 5.41 Å². The van der Waals surface area contributed by atoms with Gasteiger partial charge in [-0.15, -0.1) is 0 Å². The van der Waals surface area contributed by atoms with E-state index in [1.807, 2.05) is 13.8 Å². The Labute approximate surface area is 49.9 Å². The molecule has 0 aliphatic rings. The van der Waals surface area contributed by atoms with Gasteiger partial charge in [-0.3, -0.25) is 0 Å². The van der Waals surface area contributed by atoms with Crippen molar-refractivity contribution in [1.29, 1.82) is 0 Å². The van der Waals surface area contributed by atoms with Crippen molar-refractivity contribution in [1.82, 2.24) is 0 Å². The fourth-order valence-corrected chi connectivity index (χ4v) is 0.285. The van der Waals surface area contributed by atoms with Gasteiger partial charge in [-0.25, -0.2) is 5.90 Å². The fraction of sp³-hybridized carbons (Fsp3) is 1.00. The predicted octanol–water partition coefficient (Wildman–Crippen LogP) is -0.138. The molecule has 0 atom stereocenters. The van der Waals surface area contributed by atoms with Crippen molar-refractivity contribution in [3.05, 3.63) is 0 Å². The highest BCUT2D eigenvalue weighted by Crippen LogP contribution is 2.10. The average Bonchev–Trinajstić information content (AvgIpc) is 1.67. The third kappa shape index (κ3) is 2.96. The van der Waals surface area contributed by atoms with E-state index < -0.39 is 0 Å². The number of hydrogen-bond donors (Lipinski definition) is 2. The van der Waals surface area contributed by atoms with Crippen LogP contribution in [0.15, 0.2) is 0 Å². The fourth-order valence-electron chi connectivity index (χ4n) is 0.285. The van der Waals surface area contributed by atoms with E-state index in [2.05, 4.69) is 4.84 Å². The maximum absolute atomic E-state index is 5.36. The van der Waals surface area contributed by atoms with Crippen molar-refractivity contribution in [2.45, 2.75) is 13.8 Å². The maximum Gasteiger partial charge on any atom is 0.0742 e. The van der Waals surface area contributed by atoms with E-state index in [1.165, 1.54) is 0 Å². The lowest BCUT2D eigenvalue weighted by molar-refractivity contribution is 0.0671. The van der Waals surface area contributed by atoms with Crippen LogP contribution in [-0.4, -0.2) is 13.2 Å². The van der Waals surface area contributed by atoms with Crippen LogP contribution in [-0.2, 0) is 4.84 Å².